The Morgan fingerprint density at radius 1 is 1.37 bits per heavy atom. The van der Waals surface area contributed by atoms with Gasteiger partial charge in [0.15, 0.2) is 0 Å². The number of rotatable bonds is 5. The van der Waals surface area contributed by atoms with Crippen LogP contribution in [0.4, 0.5) is 0 Å². The van der Waals surface area contributed by atoms with Gasteiger partial charge in [-0.3, -0.25) is 0 Å². The molecule has 19 heavy (non-hydrogen) atoms. The molecule has 4 heteroatoms. The lowest BCUT2D eigenvalue weighted by Crippen LogP contribution is -2.19. The minimum atomic E-state index is 0.302. The molecular weight excluding hydrogens is 258 g/mol. The highest BCUT2D eigenvalue weighted by atomic mass is 35.5. The molecular formula is C15H20ClN3. The highest BCUT2D eigenvalue weighted by Crippen LogP contribution is 2.24. The zero-order valence-electron chi connectivity index (χ0n) is 11.7. The molecule has 0 fully saturated rings. The molecule has 0 bridgehead atoms. The number of para-hydroxylation sites is 1. The quantitative estimate of drug-likeness (QED) is 0.898. The fourth-order valence-corrected chi connectivity index (χ4v) is 2.40. The second-order valence-corrected chi connectivity index (χ2v) is 5.13. The van der Waals surface area contributed by atoms with Gasteiger partial charge in [0.25, 0.3) is 0 Å². The maximum atomic E-state index is 6.23. The normalized spacial score (nSPS) is 12.6. The first-order valence-corrected chi connectivity index (χ1v) is 7.05. The maximum Gasteiger partial charge on any atom is 0.0834 e. The van der Waals surface area contributed by atoms with Gasteiger partial charge in [0.2, 0.25) is 0 Å². The summed E-state index contributed by atoms with van der Waals surface area (Å²) in [5.41, 5.74) is 3.27. The summed E-state index contributed by atoms with van der Waals surface area (Å²) < 4.78 is 1.90. The second-order valence-electron chi connectivity index (χ2n) is 4.72. The Labute approximate surface area is 119 Å². The van der Waals surface area contributed by atoms with Crippen molar-refractivity contribution in [3.63, 3.8) is 0 Å². The number of halogens is 1. The summed E-state index contributed by atoms with van der Waals surface area (Å²) in [7, 11) is 0. The van der Waals surface area contributed by atoms with E-state index in [1.807, 2.05) is 35.1 Å². The summed E-state index contributed by atoms with van der Waals surface area (Å²) in [5, 5.41) is 8.67. The Bertz CT molecular complexity index is 548. The molecule has 0 radical (unpaired) electrons. The molecule has 0 aliphatic carbocycles. The molecule has 2 rings (SSSR count). The zero-order chi connectivity index (χ0) is 13.8. The highest BCUT2D eigenvalue weighted by Gasteiger charge is 2.14. The Balaban J connectivity index is 2.31. The van der Waals surface area contributed by atoms with Crippen molar-refractivity contribution in [3.05, 3.63) is 46.7 Å². The van der Waals surface area contributed by atoms with Crippen LogP contribution < -0.4 is 5.32 Å². The van der Waals surface area contributed by atoms with Gasteiger partial charge in [-0.25, -0.2) is 4.68 Å². The van der Waals surface area contributed by atoms with Crippen molar-refractivity contribution in [3.8, 4) is 5.69 Å². The average molecular weight is 278 g/mol. The predicted octanol–water partition coefficient (Wildman–Crippen LogP) is 3.89. The number of hydrogen-bond acceptors (Lipinski definition) is 2. The third-order valence-corrected chi connectivity index (χ3v) is 3.62. The molecule has 1 aromatic carbocycles. The van der Waals surface area contributed by atoms with E-state index in [1.54, 1.807) is 0 Å². The van der Waals surface area contributed by atoms with Crippen molar-refractivity contribution in [2.45, 2.75) is 33.2 Å². The Hall–Kier alpha value is -1.32. The van der Waals surface area contributed by atoms with Crippen LogP contribution in [0.5, 0.6) is 0 Å². The van der Waals surface area contributed by atoms with Crippen molar-refractivity contribution in [2.75, 3.05) is 6.54 Å². The third kappa shape index (κ3) is 2.99. The van der Waals surface area contributed by atoms with Gasteiger partial charge >= 0.3 is 0 Å². The molecule has 0 saturated heterocycles. The summed E-state index contributed by atoms with van der Waals surface area (Å²) in [6.07, 6.45) is 3.05. The summed E-state index contributed by atoms with van der Waals surface area (Å²) in [6.45, 7) is 7.42. The number of hydrogen-bond donors (Lipinski definition) is 1. The lowest BCUT2D eigenvalue weighted by Gasteiger charge is -2.13. The van der Waals surface area contributed by atoms with Crippen LogP contribution in [-0.2, 0) is 0 Å². The summed E-state index contributed by atoms with van der Waals surface area (Å²) in [4.78, 5) is 0. The molecule has 2 aromatic rings. The Morgan fingerprint density at radius 3 is 2.79 bits per heavy atom. The average Bonchev–Trinajstić information content (AvgIpc) is 2.78. The van der Waals surface area contributed by atoms with E-state index in [0.29, 0.717) is 6.04 Å². The number of nitrogens with zero attached hydrogens (tertiary/aromatic N) is 2. The lowest BCUT2D eigenvalue weighted by molar-refractivity contribution is 0.568. The van der Waals surface area contributed by atoms with E-state index in [-0.39, 0.29) is 0 Å². The standard InChI is InChI=1S/C15H20ClN3/c1-4-9-17-11(2)13-10-18-19(12(13)3)15-8-6-5-7-14(15)16/h5-8,10-11,17H,4,9H2,1-3H3. The maximum absolute atomic E-state index is 6.23. The van der Waals surface area contributed by atoms with Crippen molar-refractivity contribution >= 4 is 11.6 Å². The minimum absolute atomic E-state index is 0.302. The first-order chi connectivity index (χ1) is 9.15. The Morgan fingerprint density at radius 2 is 2.11 bits per heavy atom. The molecule has 1 unspecified atom stereocenters. The molecule has 1 aromatic heterocycles. The van der Waals surface area contributed by atoms with Gasteiger partial charge in [-0.1, -0.05) is 30.7 Å². The van der Waals surface area contributed by atoms with E-state index in [4.69, 9.17) is 11.6 Å². The monoisotopic (exact) mass is 277 g/mol. The van der Waals surface area contributed by atoms with Crippen LogP contribution in [0.1, 0.15) is 37.6 Å². The van der Waals surface area contributed by atoms with Crippen LogP contribution in [0.25, 0.3) is 5.69 Å². The summed E-state index contributed by atoms with van der Waals surface area (Å²) >= 11 is 6.23. The van der Waals surface area contributed by atoms with Crippen LogP contribution >= 0.6 is 11.6 Å². The first-order valence-electron chi connectivity index (χ1n) is 6.68. The van der Waals surface area contributed by atoms with Crippen molar-refractivity contribution in [2.24, 2.45) is 0 Å². The fourth-order valence-electron chi connectivity index (χ4n) is 2.18. The van der Waals surface area contributed by atoms with E-state index in [1.165, 1.54) is 5.56 Å². The lowest BCUT2D eigenvalue weighted by atomic mass is 10.1. The predicted molar refractivity (Wildman–Crippen MR) is 80.0 cm³/mol. The molecule has 0 aliphatic heterocycles. The third-order valence-electron chi connectivity index (χ3n) is 3.30. The largest absolute Gasteiger partial charge is 0.310 e. The van der Waals surface area contributed by atoms with Gasteiger partial charge in [0.1, 0.15) is 0 Å². The molecule has 0 amide bonds. The van der Waals surface area contributed by atoms with Gasteiger partial charge in [-0.05, 0) is 38.9 Å². The highest BCUT2D eigenvalue weighted by molar-refractivity contribution is 6.32. The van der Waals surface area contributed by atoms with E-state index in [2.05, 4.69) is 31.2 Å². The SMILES string of the molecule is CCCNC(C)c1cnn(-c2ccccc2Cl)c1C. The molecule has 1 heterocycles. The summed E-state index contributed by atoms with van der Waals surface area (Å²) in [5.74, 6) is 0. The zero-order valence-corrected chi connectivity index (χ0v) is 12.4. The van der Waals surface area contributed by atoms with Crippen LogP contribution in [0, 0.1) is 6.92 Å². The molecule has 1 atom stereocenters. The number of benzene rings is 1. The first kappa shape index (κ1) is 14.1. The van der Waals surface area contributed by atoms with Gasteiger partial charge in [0.05, 0.1) is 16.9 Å². The van der Waals surface area contributed by atoms with Gasteiger partial charge in [0, 0.05) is 17.3 Å². The molecule has 3 nitrogen and oxygen atoms in total. The summed E-state index contributed by atoms with van der Waals surface area (Å²) in [6, 6.07) is 8.07. The number of aromatic nitrogens is 2. The molecule has 0 saturated carbocycles. The molecule has 0 aliphatic rings. The van der Waals surface area contributed by atoms with Crippen LogP contribution in [-0.4, -0.2) is 16.3 Å². The number of nitrogens with one attached hydrogen (secondary N) is 1. The van der Waals surface area contributed by atoms with Crippen molar-refractivity contribution in [1.82, 2.24) is 15.1 Å². The van der Waals surface area contributed by atoms with Crippen LogP contribution in [0.2, 0.25) is 5.02 Å². The van der Waals surface area contributed by atoms with Crippen molar-refractivity contribution < 1.29 is 0 Å². The topological polar surface area (TPSA) is 29.9 Å². The van der Waals surface area contributed by atoms with E-state index in [0.717, 1.165) is 29.4 Å². The smallest absolute Gasteiger partial charge is 0.0834 e. The minimum Gasteiger partial charge on any atom is -0.310 e. The second kappa shape index (κ2) is 6.22. The molecule has 1 N–H and O–H groups in total. The Kier molecular flexibility index (Phi) is 4.61. The van der Waals surface area contributed by atoms with Crippen molar-refractivity contribution in [1.29, 1.82) is 0 Å². The van der Waals surface area contributed by atoms with E-state index >= 15 is 0 Å². The van der Waals surface area contributed by atoms with E-state index < -0.39 is 0 Å². The fraction of sp³-hybridized carbons (Fsp3) is 0.400. The van der Waals surface area contributed by atoms with Gasteiger partial charge in [-0.15, -0.1) is 0 Å². The molecule has 102 valence electrons. The van der Waals surface area contributed by atoms with Crippen LogP contribution in [0.15, 0.2) is 30.5 Å². The van der Waals surface area contributed by atoms with E-state index in [9.17, 15) is 0 Å². The molecule has 0 spiro atoms. The van der Waals surface area contributed by atoms with Gasteiger partial charge < -0.3 is 5.32 Å². The van der Waals surface area contributed by atoms with Crippen LogP contribution in [0.3, 0.4) is 0 Å². The van der Waals surface area contributed by atoms with Gasteiger partial charge in [-0.2, -0.15) is 5.10 Å².